The Hall–Kier alpha value is -2.03. The molecule has 1 amide bonds. The Bertz CT molecular complexity index is 843. The lowest BCUT2D eigenvalue weighted by Gasteiger charge is -2.15. The number of carbonyl (C=O) groups is 1. The molecule has 0 spiro atoms. The van der Waals surface area contributed by atoms with Gasteiger partial charge in [0.2, 0.25) is 0 Å². The molecular formula is C18H16ClIN4O. The standard InChI is InChI=1S/C18H15ClN4O.HI/c19-15-9-8-12(11-22-15)16(20)17-14(7-4-10-21-17)18(24)23-13-5-2-1-3-6-13;/h1-11,16H,20H2,(H,23,24);1H/t16-;/m0./s1. The van der Waals surface area contributed by atoms with Crippen molar-refractivity contribution in [3.8, 4) is 0 Å². The number of nitrogens with zero attached hydrogens (tertiary/aromatic N) is 2. The normalized spacial score (nSPS) is 11.3. The van der Waals surface area contributed by atoms with Gasteiger partial charge in [-0.15, -0.1) is 24.0 Å². The second-order valence-electron chi connectivity index (χ2n) is 5.15. The van der Waals surface area contributed by atoms with E-state index in [2.05, 4.69) is 15.3 Å². The van der Waals surface area contributed by atoms with E-state index < -0.39 is 6.04 Å². The van der Waals surface area contributed by atoms with Crippen LogP contribution in [0.3, 0.4) is 0 Å². The van der Waals surface area contributed by atoms with E-state index >= 15 is 0 Å². The molecule has 7 heteroatoms. The fourth-order valence-electron chi connectivity index (χ4n) is 2.31. The summed E-state index contributed by atoms with van der Waals surface area (Å²) in [5, 5.41) is 3.23. The number of carbonyl (C=O) groups excluding carboxylic acids is 1. The van der Waals surface area contributed by atoms with Crippen LogP contribution in [0.15, 0.2) is 67.0 Å². The first kappa shape index (κ1) is 19.3. The number of benzene rings is 1. The second kappa shape index (κ2) is 8.89. The van der Waals surface area contributed by atoms with Gasteiger partial charge in [0.1, 0.15) is 5.15 Å². The number of rotatable bonds is 4. The summed E-state index contributed by atoms with van der Waals surface area (Å²) in [5.41, 5.74) is 8.61. The molecular weight excluding hydrogens is 451 g/mol. The number of nitrogens with two attached hydrogens (primary N) is 1. The topological polar surface area (TPSA) is 80.9 Å². The van der Waals surface area contributed by atoms with Gasteiger partial charge in [0, 0.05) is 18.1 Å². The maximum Gasteiger partial charge on any atom is 0.257 e. The number of pyridine rings is 2. The molecule has 0 aliphatic carbocycles. The summed E-state index contributed by atoms with van der Waals surface area (Å²) in [5.74, 6) is -0.262. The number of halogens is 2. The van der Waals surface area contributed by atoms with Crippen LogP contribution in [0.1, 0.15) is 27.7 Å². The van der Waals surface area contributed by atoms with Crippen LogP contribution in [-0.2, 0) is 0 Å². The Morgan fingerprint density at radius 2 is 1.80 bits per heavy atom. The molecule has 5 nitrogen and oxygen atoms in total. The maximum atomic E-state index is 12.6. The minimum absolute atomic E-state index is 0. The smallest absolute Gasteiger partial charge is 0.257 e. The summed E-state index contributed by atoms with van der Waals surface area (Å²) in [6.07, 6.45) is 3.19. The van der Waals surface area contributed by atoms with Crippen LogP contribution in [0, 0.1) is 0 Å². The van der Waals surface area contributed by atoms with E-state index in [1.165, 1.54) is 0 Å². The van der Waals surface area contributed by atoms with E-state index in [9.17, 15) is 4.79 Å². The summed E-state index contributed by atoms with van der Waals surface area (Å²) in [4.78, 5) is 20.9. The molecule has 2 aromatic heterocycles. The van der Waals surface area contributed by atoms with Gasteiger partial charge in [-0.25, -0.2) is 4.98 Å². The predicted molar refractivity (Wildman–Crippen MR) is 109 cm³/mol. The highest BCUT2D eigenvalue weighted by Gasteiger charge is 2.19. The molecule has 0 aliphatic rings. The molecule has 1 atom stereocenters. The highest BCUT2D eigenvalue weighted by molar-refractivity contribution is 14.0. The number of amides is 1. The lowest BCUT2D eigenvalue weighted by atomic mass is 10.0. The van der Waals surface area contributed by atoms with Crippen LogP contribution in [0.5, 0.6) is 0 Å². The fraction of sp³-hybridized carbons (Fsp3) is 0.0556. The molecule has 0 bridgehead atoms. The lowest BCUT2D eigenvalue weighted by Crippen LogP contribution is -2.21. The van der Waals surface area contributed by atoms with Gasteiger partial charge >= 0.3 is 0 Å². The Kier molecular flexibility index (Phi) is 6.86. The molecule has 25 heavy (non-hydrogen) atoms. The van der Waals surface area contributed by atoms with Gasteiger partial charge in [-0.3, -0.25) is 9.78 Å². The molecule has 0 unspecified atom stereocenters. The zero-order chi connectivity index (χ0) is 16.9. The van der Waals surface area contributed by atoms with E-state index in [0.29, 0.717) is 22.1 Å². The Morgan fingerprint density at radius 3 is 2.48 bits per heavy atom. The van der Waals surface area contributed by atoms with Crippen molar-refractivity contribution in [2.24, 2.45) is 5.73 Å². The van der Waals surface area contributed by atoms with Crippen LogP contribution in [0.4, 0.5) is 5.69 Å². The summed E-state index contributed by atoms with van der Waals surface area (Å²) in [6.45, 7) is 0. The van der Waals surface area contributed by atoms with Crippen molar-refractivity contribution in [3.63, 3.8) is 0 Å². The first-order valence-electron chi connectivity index (χ1n) is 7.33. The SMILES string of the molecule is I.N[C@@H](c1ccc(Cl)nc1)c1ncccc1C(=O)Nc1ccccc1. The van der Waals surface area contributed by atoms with E-state index in [-0.39, 0.29) is 29.9 Å². The van der Waals surface area contributed by atoms with Gasteiger partial charge in [0.15, 0.2) is 0 Å². The zero-order valence-corrected chi connectivity index (χ0v) is 16.2. The fourth-order valence-corrected chi connectivity index (χ4v) is 2.42. The number of para-hydroxylation sites is 1. The van der Waals surface area contributed by atoms with Gasteiger partial charge in [-0.2, -0.15) is 0 Å². The molecule has 0 saturated carbocycles. The molecule has 3 N–H and O–H groups in total. The highest BCUT2D eigenvalue weighted by Crippen LogP contribution is 2.22. The number of nitrogens with one attached hydrogen (secondary N) is 1. The second-order valence-corrected chi connectivity index (χ2v) is 5.54. The molecule has 3 rings (SSSR count). The molecule has 0 fully saturated rings. The Balaban J connectivity index is 0.00000225. The third-order valence-electron chi connectivity index (χ3n) is 3.52. The van der Waals surface area contributed by atoms with Gasteiger partial charge in [-0.05, 0) is 35.9 Å². The molecule has 128 valence electrons. The number of anilines is 1. The van der Waals surface area contributed by atoms with Crippen molar-refractivity contribution < 1.29 is 4.79 Å². The monoisotopic (exact) mass is 466 g/mol. The van der Waals surface area contributed by atoms with E-state index in [1.54, 1.807) is 36.7 Å². The van der Waals surface area contributed by atoms with Crippen LogP contribution < -0.4 is 11.1 Å². The van der Waals surface area contributed by atoms with Crippen LogP contribution in [0.25, 0.3) is 0 Å². The molecule has 0 radical (unpaired) electrons. The first-order valence-corrected chi connectivity index (χ1v) is 7.71. The summed E-state index contributed by atoms with van der Waals surface area (Å²) in [6, 6.07) is 15.5. The van der Waals surface area contributed by atoms with Crippen LogP contribution in [-0.4, -0.2) is 15.9 Å². The highest BCUT2D eigenvalue weighted by atomic mass is 127. The van der Waals surface area contributed by atoms with Crippen molar-refractivity contribution in [2.75, 3.05) is 5.32 Å². The first-order chi connectivity index (χ1) is 11.6. The maximum absolute atomic E-state index is 12.6. The van der Waals surface area contributed by atoms with E-state index in [0.717, 1.165) is 5.56 Å². The van der Waals surface area contributed by atoms with Crippen molar-refractivity contribution in [1.82, 2.24) is 9.97 Å². The van der Waals surface area contributed by atoms with Crippen molar-refractivity contribution in [2.45, 2.75) is 6.04 Å². The summed E-state index contributed by atoms with van der Waals surface area (Å²) < 4.78 is 0. The van der Waals surface area contributed by atoms with Gasteiger partial charge in [-0.1, -0.05) is 35.9 Å². The predicted octanol–water partition coefficient (Wildman–Crippen LogP) is 4.05. The Morgan fingerprint density at radius 1 is 1.04 bits per heavy atom. The van der Waals surface area contributed by atoms with Gasteiger partial charge < -0.3 is 11.1 Å². The van der Waals surface area contributed by atoms with Crippen molar-refractivity contribution in [1.29, 1.82) is 0 Å². The molecule has 0 aliphatic heterocycles. The molecule has 0 saturated heterocycles. The average Bonchev–Trinajstić information content (AvgIpc) is 2.62. The third-order valence-corrected chi connectivity index (χ3v) is 3.74. The van der Waals surface area contributed by atoms with Crippen LogP contribution in [0.2, 0.25) is 5.15 Å². The van der Waals surface area contributed by atoms with Gasteiger partial charge in [0.25, 0.3) is 5.91 Å². The average molecular weight is 467 g/mol. The summed E-state index contributed by atoms with van der Waals surface area (Å²) in [7, 11) is 0. The van der Waals surface area contributed by atoms with E-state index in [4.69, 9.17) is 17.3 Å². The van der Waals surface area contributed by atoms with Gasteiger partial charge in [0.05, 0.1) is 17.3 Å². The lowest BCUT2D eigenvalue weighted by molar-refractivity contribution is 0.102. The molecule has 1 aromatic carbocycles. The molecule has 2 heterocycles. The minimum atomic E-state index is -0.576. The van der Waals surface area contributed by atoms with Crippen LogP contribution >= 0.6 is 35.6 Å². The number of hydrogen-bond acceptors (Lipinski definition) is 4. The number of aromatic nitrogens is 2. The third kappa shape index (κ3) is 4.75. The summed E-state index contributed by atoms with van der Waals surface area (Å²) >= 11 is 5.80. The molecule has 3 aromatic rings. The zero-order valence-electron chi connectivity index (χ0n) is 13.1. The van der Waals surface area contributed by atoms with Crippen molar-refractivity contribution >= 4 is 47.2 Å². The largest absolute Gasteiger partial charge is 0.322 e. The van der Waals surface area contributed by atoms with Crippen molar-refractivity contribution in [3.05, 3.63) is 89.0 Å². The Labute approximate surface area is 167 Å². The quantitative estimate of drug-likeness (QED) is 0.449. The number of hydrogen-bond donors (Lipinski definition) is 2. The minimum Gasteiger partial charge on any atom is -0.322 e. The van der Waals surface area contributed by atoms with E-state index in [1.807, 2.05) is 30.3 Å².